The lowest BCUT2D eigenvalue weighted by atomic mass is 9.76. The van der Waals surface area contributed by atoms with E-state index in [0.717, 1.165) is 35.6 Å². The first kappa shape index (κ1) is 17.6. The molecule has 0 saturated carbocycles. The van der Waals surface area contributed by atoms with Crippen molar-refractivity contribution >= 4 is 11.8 Å². The summed E-state index contributed by atoms with van der Waals surface area (Å²) < 4.78 is 0. The molecule has 138 valence electrons. The van der Waals surface area contributed by atoms with E-state index in [9.17, 15) is 0 Å². The van der Waals surface area contributed by atoms with Crippen molar-refractivity contribution in [1.82, 2.24) is 21.1 Å². The van der Waals surface area contributed by atoms with Gasteiger partial charge in [0.1, 0.15) is 0 Å². The molecule has 0 amide bonds. The van der Waals surface area contributed by atoms with E-state index >= 15 is 0 Å². The Hall–Kier alpha value is 0.190. The van der Waals surface area contributed by atoms with Crippen molar-refractivity contribution in [3.63, 3.8) is 0 Å². The first-order valence-corrected chi connectivity index (χ1v) is 11.5. The number of nitrogens with zero attached hydrogens (tertiary/aromatic N) is 1. The van der Waals surface area contributed by atoms with E-state index in [4.69, 9.17) is 0 Å². The van der Waals surface area contributed by atoms with Crippen LogP contribution in [0, 0.1) is 17.8 Å². The van der Waals surface area contributed by atoms with Gasteiger partial charge in [-0.15, -0.1) is 0 Å². The van der Waals surface area contributed by atoms with Gasteiger partial charge in [-0.2, -0.15) is 11.8 Å². The number of rotatable bonds is 0. The first-order valence-electron chi connectivity index (χ1n) is 10.4. The summed E-state index contributed by atoms with van der Waals surface area (Å²) in [5, 5.41) is 11.0. The molecule has 6 atom stereocenters. The average Bonchev–Trinajstić information content (AvgIpc) is 3.06. The van der Waals surface area contributed by atoms with Crippen molar-refractivity contribution in [2.75, 3.05) is 45.0 Å². The van der Waals surface area contributed by atoms with E-state index in [0.29, 0.717) is 0 Å². The van der Waals surface area contributed by atoms with Gasteiger partial charge in [-0.1, -0.05) is 0 Å². The highest BCUT2D eigenvalue weighted by Crippen LogP contribution is 2.41. The zero-order valence-electron chi connectivity index (χ0n) is 15.1. The van der Waals surface area contributed by atoms with Crippen LogP contribution in [0.15, 0.2) is 0 Å². The van der Waals surface area contributed by atoms with E-state index in [-0.39, 0.29) is 0 Å². The molecule has 4 heterocycles. The van der Waals surface area contributed by atoms with Gasteiger partial charge in [0.15, 0.2) is 0 Å². The summed E-state index contributed by atoms with van der Waals surface area (Å²) in [5.41, 5.74) is 3.61. The maximum atomic E-state index is 3.82. The van der Waals surface area contributed by atoms with E-state index in [2.05, 4.69) is 32.8 Å². The molecule has 4 aliphatic heterocycles. The Morgan fingerprint density at radius 2 is 1.96 bits per heavy atom. The number of hydrazine groups is 1. The SMILES string of the molecule is C1CSC2CCNCC3CNN(CCCC4CC(CCN4)C2C1)C3. The molecule has 4 saturated heterocycles. The molecule has 0 aliphatic carbocycles. The third-order valence-corrected chi connectivity index (χ3v) is 8.27. The monoisotopic (exact) mass is 352 g/mol. The molecule has 3 N–H and O–H groups in total. The van der Waals surface area contributed by atoms with Crippen LogP contribution in [0.1, 0.15) is 44.9 Å². The predicted molar refractivity (Wildman–Crippen MR) is 103 cm³/mol. The van der Waals surface area contributed by atoms with Crippen molar-refractivity contribution in [3.05, 3.63) is 0 Å². The highest BCUT2D eigenvalue weighted by atomic mass is 32.2. The van der Waals surface area contributed by atoms with Gasteiger partial charge in [0.2, 0.25) is 0 Å². The van der Waals surface area contributed by atoms with Crippen LogP contribution >= 0.6 is 11.8 Å². The average molecular weight is 353 g/mol. The van der Waals surface area contributed by atoms with E-state index in [1.807, 2.05) is 0 Å². The standard InChI is InChI=1S/C19H36N4S/c1-3-17-11-16(5-8-21-17)18-4-2-10-24-19(18)6-7-20-12-15-13-22-23(9-1)14-15/h15-22H,1-14H2. The zero-order valence-corrected chi connectivity index (χ0v) is 16.0. The molecule has 4 bridgehead atoms. The van der Waals surface area contributed by atoms with Gasteiger partial charge < -0.3 is 10.6 Å². The molecule has 4 fully saturated rings. The van der Waals surface area contributed by atoms with Gasteiger partial charge >= 0.3 is 0 Å². The third-order valence-electron chi connectivity index (χ3n) is 6.73. The highest BCUT2D eigenvalue weighted by Gasteiger charge is 2.35. The maximum absolute atomic E-state index is 3.82. The quantitative estimate of drug-likeness (QED) is 0.623. The number of piperidine rings is 1. The normalized spacial score (nSPS) is 45.0. The second-order valence-electron chi connectivity index (χ2n) is 8.46. The second-order valence-corrected chi connectivity index (χ2v) is 9.81. The Kier molecular flexibility index (Phi) is 6.39. The number of hydrogen-bond donors (Lipinski definition) is 3. The Morgan fingerprint density at radius 3 is 2.96 bits per heavy atom. The molecular weight excluding hydrogens is 316 g/mol. The highest BCUT2D eigenvalue weighted by molar-refractivity contribution is 7.99. The van der Waals surface area contributed by atoms with Crippen molar-refractivity contribution in [2.24, 2.45) is 17.8 Å². The largest absolute Gasteiger partial charge is 0.316 e. The van der Waals surface area contributed by atoms with Gasteiger partial charge in [0.05, 0.1) is 0 Å². The van der Waals surface area contributed by atoms with Crippen LogP contribution in [-0.2, 0) is 0 Å². The van der Waals surface area contributed by atoms with Crippen molar-refractivity contribution in [1.29, 1.82) is 0 Å². The van der Waals surface area contributed by atoms with Crippen LogP contribution in [0.2, 0.25) is 0 Å². The summed E-state index contributed by atoms with van der Waals surface area (Å²) in [5.74, 6) is 4.16. The van der Waals surface area contributed by atoms with Crippen LogP contribution in [-0.4, -0.2) is 61.3 Å². The lowest BCUT2D eigenvalue weighted by molar-refractivity contribution is 0.185. The summed E-state index contributed by atoms with van der Waals surface area (Å²) in [6.07, 6.45) is 9.88. The van der Waals surface area contributed by atoms with E-state index in [1.54, 1.807) is 0 Å². The molecule has 4 nitrogen and oxygen atoms in total. The summed E-state index contributed by atoms with van der Waals surface area (Å²) in [7, 11) is 0. The minimum atomic E-state index is 0.776. The van der Waals surface area contributed by atoms with Crippen molar-refractivity contribution < 1.29 is 0 Å². The smallest absolute Gasteiger partial charge is 0.0184 e. The molecule has 0 radical (unpaired) electrons. The Morgan fingerprint density at radius 1 is 0.958 bits per heavy atom. The number of nitrogens with one attached hydrogen (secondary N) is 3. The van der Waals surface area contributed by atoms with Crippen LogP contribution < -0.4 is 16.1 Å². The number of thioether (sulfide) groups is 1. The maximum Gasteiger partial charge on any atom is 0.0184 e. The summed E-state index contributed by atoms with van der Waals surface area (Å²) >= 11 is 2.29. The topological polar surface area (TPSA) is 39.3 Å². The third kappa shape index (κ3) is 4.47. The van der Waals surface area contributed by atoms with Crippen molar-refractivity contribution in [3.8, 4) is 0 Å². The van der Waals surface area contributed by atoms with Gasteiger partial charge in [-0.25, -0.2) is 5.01 Å². The molecule has 4 rings (SSSR count). The molecule has 5 heteroatoms. The van der Waals surface area contributed by atoms with Gasteiger partial charge in [-0.05, 0) is 81.5 Å². The van der Waals surface area contributed by atoms with Gasteiger partial charge in [0, 0.05) is 37.5 Å². The minimum absolute atomic E-state index is 0.776. The fraction of sp³-hybridized carbons (Fsp3) is 1.00. The lowest BCUT2D eigenvalue weighted by Gasteiger charge is -2.41. The molecule has 6 unspecified atom stereocenters. The van der Waals surface area contributed by atoms with Crippen molar-refractivity contribution in [2.45, 2.75) is 56.2 Å². The van der Waals surface area contributed by atoms with Gasteiger partial charge in [-0.3, -0.25) is 5.43 Å². The van der Waals surface area contributed by atoms with Crippen LogP contribution in [0.4, 0.5) is 0 Å². The summed E-state index contributed by atoms with van der Waals surface area (Å²) in [4.78, 5) is 0. The Labute approximate surface area is 152 Å². The molecule has 24 heavy (non-hydrogen) atoms. The number of fused-ring (bicyclic) bond motifs is 6. The van der Waals surface area contributed by atoms with Gasteiger partial charge in [0.25, 0.3) is 0 Å². The first-order chi connectivity index (χ1) is 11.9. The Bertz CT molecular complexity index is 394. The van der Waals surface area contributed by atoms with Crippen LogP contribution in [0.25, 0.3) is 0 Å². The predicted octanol–water partition coefficient (Wildman–Crippen LogP) is 2.08. The fourth-order valence-corrected chi connectivity index (χ4v) is 6.96. The summed E-state index contributed by atoms with van der Waals surface area (Å²) in [6.45, 7) is 7.29. The molecule has 0 spiro atoms. The molecule has 4 aliphatic rings. The fourth-order valence-electron chi connectivity index (χ4n) is 5.43. The molecule has 0 aromatic rings. The minimum Gasteiger partial charge on any atom is -0.316 e. The molecule has 0 aromatic carbocycles. The van der Waals surface area contributed by atoms with E-state index in [1.165, 1.54) is 83.4 Å². The van der Waals surface area contributed by atoms with E-state index < -0.39 is 0 Å². The van der Waals surface area contributed by atoms with Crippen LogP contribution in [0.5, 0.6) is 0 Å². The zero-order chi connectivity index (χ0) is 16.2. The molecule has 0 aromatic heterocycles. The summed E-state index contributed by atoms with van der Waals surface area (Å²) in [6, 6.07) is 0.776. The second kappa shape index (κ2) is 8.72. The lowest BCUT2D eigenvalue weighted by Crippen LogP contribution is -2.43. The van der Waals surface area contributed by atoms with Crippen LogP contribution in [0.3, 0.4) is 0 Å². The molecular formula is C19H36N4S. The Balaban J connectivity index is 1.41. The number of hydrogen-bond acceptors (Lipinski definition) is 5.